The van der Waals surface area contributed by atoms with Gasteiger partial charge in [-0.3, -0.25) is 14.5 Å². The van der Waals surface area contributed by atoms with E-state index in [2.05, 4.69) is 19.9 Å². The van der Waals surface area contributed by atoms with E-state index in [0.717, 1.165) is 31.7 Å². The van der Waals surface area contributed by atoms with Gasteiger partial charge in [0.15, 0.2) is 0 Å². The standard InChI is InChI=1S/C17H23N5O2/c1-12-11-15(23)20-16(19-12)13(2)21-7-4-8-22(10-9-21)17(24)14-5-3-6-18-14/h3,5-6,11,13,18H,4,7-10H2,1-2H3,(H,19,20,23). The third-order valence-corrected chi connectivity index (χ3v) is 4.48. The zero-order valence-corrected chi connectivity index (χ0v) is 14.1. The highest BCUT2D eigenvalue weighted by Crippen LogP contribution is 2.18. The lowest BCUT2D eigenvalue weighted by atomic mass is 10.2. The molecular weight excluding hydrogens is 306 g/mol. The summed E-state index contributed by atoms with van der Waals surface area (Å²) in [6.07, 6.45) is 2.66. The summed E-state index contributed by atoms with van der Waals surface area (Å²) in [6.45, 7) is 6.89. The van der Waals surface area contributed by atoms with E-state index < -0.39 is 0 Å². The largest absolute Gasteiger partial charge is 0.357 e. The first-order valence-corrected chi connectivity index (χ1v) is 8.29. The second kappa shape index (κ2) is 7.00. The minimum atomic E-state index is -0.122. The maximum atomic E-state index is 12.5. The van der Waals surface area contributed by atoms with Crippen molar-refractivity contribution in [2.24, 2.45) is 0 Å². The fourth-order valence-corrected chi connectivity index (χ4v) is 3.13. The number of rotatable bonds is 3. The molecule has 0 aliphatic carbocycles. The molecule has 24 heavy (non-hydrogen) atoms. The van der Waals surface area contributed by atoms with E-state index in [4.69, 9.17) is 0 Å². The molecular formula is C17H23N5O2. The normalized spacial score (nSPS) is 17.5. The molecule has 7 heteroatoms. The predicted octanol–water partition coefficient (Wildman–Crippen LogP) is 1.32. The van der Waals surface area contributed by atoms with Crippen LogP contribution in [0.2, 0.25) is 0 Å². The maximum absolute atomic E-state index is 12.5. The van der Waals surface area contributed by atoms with Gasteiger partial charge in [0.05, 0.1) is 6.04 Å². The SMILES string of the molecule is Cc1cc(=O)[nH]c(C(C)N2CCCN(C(=O)c3ccc[nH]3)CC2)n1. The van der Waals surface area contributed by atoms with Crippen LogP contribution in [0.1, 0.15) is 41.4 Å². The van der Waals surface area contributed by atoms with Crippen molar-refractivity contribution in [2.75, 3.05) is 26.2 Å². The summed E-state index contributed by atoms with van der Waals surface area (Å²) >= 11 is 0. The van der Waals surface area contributed by atoms with Gasteiger partial charge in [0.2, 0.25) is 0 Å². The summed E-state index contributed by atoms with van der Waals surface area (Å²) in [5.74, 6) is 0.723. The first-order chi connectivity index (χ1) is 11.5. The number of hydrogen-bond donors (Lipinski definition) is 2. The quantitative estimate of drug-likeness (QED) is 0.889. The van der Waals surface area contributed by atoms with Gasteiger partial charge in [-0.2, -0.15) is 0 Å². The van der Waals surface area contributed by atoms with E-state index in [-0.39, 0.29) is 17.5 Å². The van der Waals surface area contributed by atoms with Crippen molar-refractivity contribution in [2.45, 2.75) is 26.3 Å². The summed E-state index contributed by atoms with van der Waals surface area (Å²) in [6, 6.07) is 5.14. The van der Waals surface area contributed by atoms with Crippen molar-refractivity contribution in [1.29, 1.82) is 0 Å². The Bertz CT molecular complexity index is 753. The first kappa shape index (κ1) is 16.4. The number of carbonyl (C=O) groups excluding carboxylic acids is 1. The van der Waals surface area contributed by atoms with Gasteiger partial charge in [0, 0.05) is 44.1 Å². The zero-order chi connectivity index (χ0) is 17.1. The Labute approximate surface area is 140 Å². The predicted molar refractivity (Wildman–Crippen MR) is 90.9 cm³/mol. The number of aryl methyl sites for hydroxylation is 1. The van der Waals surface area contributed by atoms with E-state index in [1.165, 1.54) is 6.07 Å². The van der Waals surface area contributed by atoms with Crippen molar-refractivity contribution in [3.05, 3.63) is 52.0 Å². The van der Waals surface area contributed by atoms with Gasteiger partial charge in [-0.05, 0) is 32.4 Å². The molecule has 2 N–H and O–H groups in total. The number of nitrogens with zero attached hydrogens (tertiary/aromatic N) is 3. The lowest BCUT2D eigenvalue weighted by Crippen LogP contribution is -2.36. The molecule has 1 aliphatic rings. The van der Waals surface area contributed by atoms with Gasteiger partial charge < -0.3 is 14.9 Å². The molecule has 1 saturated heterocycles. The molecule has 3 heterocycles. The van der Waals surface area contributed by atoms with Crippen molar-refractivity contribution in [1.82, 2.24) is 24.8 Å². The number of hydrogen-bond acceptors (Lipinski definition) is 4. The highest BCUT2D eigenvalue weighted by molar-refractivity contribution is 5.92. The molecule has 1 fully saturated rings. The van der Waals surface area contributed by atoms with Crippen LogP contribution in [0.4, 0.5) is 0 Å². The number of amides is 1. The first-order valence-electron chi connectivity index (χ1n) is 8.29. The minimum absolute atomic E-state index is 0.0122. The molecule has 2 aromatic heterocycles. The number of aromatic amines is 2. The molecule has 0 bridgehead atoms. The number of aromatic nitrogens is 3. The van der Waals surface area contributed by atoms with Crippen LogP contribution in [0.3, 0.4) is 0 Å². The van der Waals surface area contributed by atoms with Crippen LogP contribution in [0.25, 0.3) is 0 Å². The highest BCUT2D eigenvalue weighted by Gasteiger charge is 2.24. The van der Waals surface area contributed by atoms with Crippen LogP contribution in [-0.4, -0.2) is 56.8 Å². The monoisotopic (exact) mass is 329 g/mol. The molecule has 1 unspecified atom stereocenters. The molecule has 3 rings (SSSR count). The van der Waals surface area contributed by atoms with Gasteiger partial charge in [0.1, 0.15) is 11.5 Å². The van der Waals surface area contributed by atoms with Crippen LogP contribution in [0, 0.1) is 6.92 Å². The number of nitrogens with one attached hydrogen (secondary N) is 2. The fraction of sp³-hybridized carbons (Fsp3) is 0.471. The second-order valence-electron chi connectivity index (χ2n) is 6.21. The summed E-state index contributed by atoms with van der Waals surface area (Å²) in [4.78, 5) is 38.5. The third kappa shape index (κ3) is 3.56. The number of carbonyl (C=O) groups is 1. The minimum Gasteiger partial charge on any atom is -0.357 e. The summed E-state index contributed by atoms with van der Waals surface area (Å²) in [5.41, 5.74) is 1.22. The molecule has 7 nitrogen and oxygen atoms in total. The summed E-state index contributed by atoms with van der Waals surface area (Å²) in [5, 5.41) is 0. The van der Waals surface area contributed by atoms with E-state index >= 15 is 0 Å². The Balaban J connectivity index is 1.68. The molecule has 0 saturated carbocycles. The second-order valence-corrected chi connectivity index (χ2v) is 6.21. The molecule has 1 aliphatic heterocycles. The topological polar surface area (TPSA) is 85.1 Å². The van der Waals surface area contributed by atoms with Crippen molar-refractivity contribution in [3.8, 4) is 0 Å². The molecule has 2 aromatic rings. The maximum Gasteiger partial charge on any atom is 0.270 e. The Morgan fingerprint density at radius 3 is 2.83 bits per heavy atom. The van der Waals surface area contributed by atoms with Crippen LogP contribution in [0.5, 0.6) is 0 Å². The van der Waals surface area contributed by atoms with E-state index in [9.17, 15) is 9.59 Å². The lowest BCUT2D eigenvalue weighted by molar-refractivity contribution is 0.0753. The Morgan fingerprint density at radius 2 is 2.12 bits per heavy atom. The Morgan fingerprint density at radius 1 is 1.29 bits per heavy atom. The highest BCUT2D eigenvalue weighted by atomic mass is 16.2. The van der Waals surface area contributed by atoms with Crippen LogP contribution in [-0.2, 0) is 0 Å². The van der Waals surface area contributed by atoms with E-state index in [1.807, 2.05) is 24.8 Å². The average Bonchev–Trinajstić information content (AvgIpc) is 2.97. The van der Waals surface area contributed by atoms with Gasteiger partial charge >= 0.3 is 0 Å². The van der Waals surface area contributed by atoms with Crippen molar-refractivity contribution < 1.29 is 4.79 Å². The number of H-pyrrole nitrogens is 2. The van der Waals surface area contributed by atoms with Gasteiger partial charge in [-0.25, -0.2) is 4.98 Å². The average molecular weight is 329 g/mol. The molecule has 0 spiro atoms. The lowest BCUT2D eigenvalue weighted by Gasteiger charge is -2.27. The molecule has 1 amide bonds. The Kier molecular flexibility index (Phi) is 4.80. The van der Waals surface area contributed by atoms with Crippen molar-refractivity contribution >= 4 is 5.91 Å². The molecule has 0 aromatic carbocycles. The third-order valence-electron chi connectivity index (χ3n) is 4.48. The molecule has 128 valence electrons. The van der Waals surface area contributed by atoms with Crippen molar-refractivity contribution in [3.63, 3.8) is 0 Å². The van der Waals surface area contributed by atoms with Crippen LogP contribution >= 0.6 is 0 Å². The summed E-state index contributed by atoms with van der Waals surface area (Å²) in [7, 11) is 0. The fourth-order valence-electron chi connectivity index (χ4n) is 3.13. The molecule has 1 atom stereocenters. The van der Waals surface area contributed by atoms with Gasteiger partial charge in [-0.15, -0.1) is 0 Å². The smallest absolute Gasteiger partial charge is 0.270 e. The van der Waals surface area contributed by atoms with E-state index in [0.29, 0.717) is 18.1 Å². The zero-order valence-electron chi connectivity index (χ0n) is 14.1. The Hall–Kier alpha value is -2.41. The van der Waals surface area contributed by atoms with Gasteiger partial charge in [-0.1, -0.05) is 0 Å². The van der Waals surface area contributed by atoms with Crippen LogP contribution in [0.15, 0.2) is 29.2 Å². The van der Waals surface area contributed by atoms with Gasteiger partial charge in [0.25, 0.3) is 11.5 Å². The van der Waals surface area contributed by atoms with E-state index in [1.54, 1.807) is 12.3 Å². The summed E-state index contributed by atoms with van der Waals surface area (Å²) < 4.78 is 0. The van der Waals surface area contributed by atoms with Crippen LogP contribution < -0.4 is 5.56 Å². The molecule has 0 radical (unpaired) electrons.